The number of nitro benzene ring substituents is 1. The van der Waals surface area contributed by atoms with Gasteiger partial charge in [-0.25, -0.2) is 21.6 Å². The fourth-order valence-electron chi connectivity index (χ4n) is 2.80. The van der Waals surface area contributed by atoms with Gasteiger partial charge in [0.05, 0.1) is 16.1 Å². The molecule has 1 fully saturated rings. The molecule has 0 radical (unpaired) electrons. The summed E-state index contributed by atoms with van der Waals surface area (Å²) in [6.45, 7) is 2.23. The average Bonchev–Trinajstić information content (AvgIpc) is 2.52. The number of hydrogen-bond acceptors (Lipinski definition) is 6. The van der Waals surface area contributed by atoms with Gasteiger partial charge in [-0.15, -0.1) is 0 Å². The quantitative estimate of drug-likeness (QED) is 0.566. The molecule has 0 unspecified atom stereocenters. The minimum absolute atomic E-state index is 0.0848. The van der Waals surface area contributed by atoms with Gasteiger partial charge in [-0.3, -0.25) is 10.1 Å². The van der Waals surface area contributed by atoms with Crippen LogP contribution in [0.15, 0.2) is 23.1 Å². The van der Waals surface area contributed by atoms with E-state index in [9.17, 15) is 26.9 Å². The summed E-state index contributed by atoms with van der Waals surface area (Å²) in [6, 6.07) is 3.75. The van der Waals surface area contributed by atoms with E-state index < -0.39 is 25.0 Å². The zero-order valence-corrected chi connectivity index (χ0v) is 15.6. The largest absolute Gasteiger partial charge is 0.270 e. The standard InChI is InChI=1S/C14H21N3O6S2/c1-11-5-6-13(17(18)19)8-14(11)25(22,23)16-7-3-4-12(10-16)9-15-24(2,20)21/h5-6,8,12,15H,3-4,7,9-10H2,1-2H3/t12-/m0/s1. The molecule has 1 heterocycles. The van der Waals surface area contributed by atoms with Gasteiger partial charge in [0.15, 0.2) is 0 Å². The number of sulfonamides is 2. The number of non-ortho nitro benzene ring substituents is 1. The van der Waals surface area contributed by atoms with Gasteiger partial charge in [0, 0.05) is 31.8 Å². The lowest BCUT2D eigenvalue weighted by atomic mass is 10.0. The van der Waals surface area contributed by atoms with Crippen molar-refractivity contribution in [2.45, 2.75) is 24.7 Å². The fourth-order valence-corrected chi connectivity index (χ4v) is 5.14. The van der Waals surface area contributed by atoms with Gasteiger partial charge in [-0.05, 0) is 31.2 Å². The summed E-state index contributed by atoms with van der Waals surface area (Å²) in [5.74, 6) is -0.141. The Kier molecular flexibility index (Phi) is 5.82. The van der Waals surface area contributed by atoms with Crippen molar-refractivity contribution in [3.8, 4) is 0 Å². The number of nitrogens with one attached hydrogen (secondary N) is 1. The van der Waals surface area contributed by atoms with Gasteiger partial charge in [0.25, 0.3) is 5.69 Å². The maximum Gasteiger partial charge on any atom is 0.270 e. The number of aryl methyl sites for hydroxylation is 1. The number of nitro groups is 1. The molecule has 0 spiro atoms. The van der Waals surface area contributed by atoms with Gasteiger partial charge in [-0.1, -0.05) is 6.07 Å². The molecule has 140 valence electrons. The van der Waals surface area contributed by atoms with Crippen LogP contribution in [0.4, 0.5) is 5.69 Å². The highest BCUT2D eigenvalue weighted by molar-refractivity contribution is 7.89. The van der Waals surface area contributed by atoms with E-state index in [4.69, 9.17) is 0 Å². The molecule has 0 saturated carbocycles. The molecule has 1 N–H and O–H groups in total. The van der Waals surface area contributed by atoms with Gasteiger partial charge < -0.3 is 0 Å². The monoisotopic (exact) mass is 391 g/mol. The molecule has 0 bridgehead atoms. The summed E-state index contributed by atoms with van der Waals surface area (Å²) in [5.41, 5.74) is 0.151. The summed E-state index contributed by atoms with van der Waals surface area (Å²) >= 11 is 0. The highest BCUT2D eigenvalue weighted by atomic mass is 32.2. The van der Waals surface area contributed by atoms with E-state index >= 15 is 0 Å². The normalized spacial score (nSPS) is 19.7. The highest BCUT2D eigenvalue weighted by Crippen LogP contribution is 2.28. The molecule has 1 atom stereocenters. The molecule has 9 nitrogen and oxygen atoms in total. The second-order valence-electron chi connectivity index (χ2n) is 6.20. The molecule has 11 heteroatoms. The molecule has 0 aliphatic carbocycles. The predicted octanol–water partition coefficient (Wildman–Crippen LogP) is 0.853. The Hall–Kier alpha value is -1.56. The van der Waals surface area contributed by atoms with Crippen LogP contribution in [0.1, 0.15) is 18.4 Å². The predicted molar refractivity (Wildman–Crippen MR) is 92.2 cm³/mol. The van der Waals surface area contributed by atoms with Crippen LogP contribution in [-0.4, -0.2) is 52.0 Å². The van der Waals surface area contributed by atoms with Gasteiger partial charge >= 0.3 is 0 Å². The first-order valence-electron chi connectivity index (χ1n) is 7.70. The lowest BCUT2D eigenvalue weighted by Gasteiger charge is -2.32. The maximum atomic E-state index is 12.9. The summed E-state index contributed by atoms with van der Waals surface area (Å²) in [4.78, 5) is 10.2. The number of piperidine rings is 1. The Morgan fingerprint density at radius 2 is 2.00 bits per heavy atom. The van der Waals surface area contributed by atoms with E-state index in [1.54, 1.807) is 6.92 Å². The lowest BCUT2D eigenvalue weighted by molar-refractivity contribution is -0.385. The van der Waals surface area contributed by atoms with Crippen LogP contribution in [0.2, 0.25) is 0 Å². The second kappa shape index (κ2) is 7.36. The number of benzene rings is 1. The van der Waals surface area contributed by atoms with Crippen molar-refractivity contribution in [3.05, 3.63) is 33.9 Å². The molecule has 2 rings (SSSR count). The Bertz CT molecular complexity index is 867. The topological polar surface area (TPSA) is 127 Å². The van der Waals surface area contributed by atoms with Crippen molar-refractivity contribution in [1.29, 1.82) is 0 Å². The van der Waals surface area contributed by atoms with Crippen LogP contribution in [0, 0.1) is 23.0 Å². The zero-order valence-electron chi connectivity index (χ0n) is 14.0. The third kappa shape index (κ3) is 4.97. The van der Waals surface area contributed by atoms with Crippen LogP contribution in [0.5, 0.6) is 0 Å². The van der Waals surface area contributed by atoms with E-state index in [1.165, 1.54) is 16.4 Å². The number of rotatable bonds is 6. The molecule has 1 aliphatic heterocycles. The molecule has 25 heavy (non-hydrogen) atoms. The highest BCUT2D eigenvalue weighted by Gasteiger charge is 2.32. The van der Waals surface area contributed by atoms with E-state index in [2.05, 4.69) is 4.72 Å². The summed E-state index contributed by atoms with van der Waals surface area (Å²) in [6.07, 6.45) is 2.36. The third-order valence-corrected chi connectivity index (χ3v) is 6.81. The van der Waals surface area contributed by atoms with Gasteiger partial charge in [-0.2, -0.15) is 4.31 Å². The number of hydrogen-bond donors (Lipinski definition) is 1. The van der Waals surface area contributed by atoms with E-state index in [0.717, 1.165) is 12.3 Å². The first kappa shape index (κ1) is 19.8. The summed E-state index contributed by atoms with van der Waals surface area (Å²) in [7, 11) is -7.23. The van der Waals surface area contributed by atoms with Gasteiger partial charge in [0.2, 0.25) is 20.0 Å². The van der Waals surface area contributed by atoms with E-state index in [0.29, 0.717) is 24.9 Å². The molecular formula is C14H21N3O6S2. The third-order valence-electron chi connectivity index (χ3n) is 4.12. The lowest BCUT2D eigenvalue weighted by Crippen LogP contribution is -2.43. The van der Waals surface area contributed by atoms with Crippen LogP contribution in [0.3, 0.4) is 0 Å². The Morgan fingerprint density at radius 1 is 1.32 bits per heavy atom. The Morgan fingerprint density at radius 3 is 2.60 bits per heavy atom. The Labute approximate surface area is 147 Å². The van der Waals surface area contributed by atoms with E-state index in [-0.39, 0.29) is 29.6 Å². The van der Waals surface area contributed by atoms with Crippen molar-refractivity contribution in [2.24, 2.45) is 5.92 Å². The molecule has 1 aromatic carbocycles. The van der Waals surface area contributed by atoms with E-state index in [1.807, 2.05) is 0 Å². The Balaban J connectivity index is 2.24. The average molecular weight is 391 g/mol. The van der Waals surface area contributed by atoms with Gasteiger partial charge in [0.1, 0.15) is 0 Å². The molecule has 1 aliphatic rings. The molecule has 1 saturated heterocycles. The molecule has 0 amide bonds. The van der Waals surface area contributed by atoms with Crippen LogP contribution >= 0.6 is 0 Å². The van der Waals surface area contributed by atoms with Crippen LogP contribution < -0.4 is 4.72 Å². The van der Waals surface area contributed by atoms with Crippen LogP contribution in [-0.2, 0) is 20.0 Å². The van der Waals surface area contributed by atoms with Crippen molar-refractivity contribution in [3.63, 3.8) is 0 Å². The van der Waals surface area contributed by atoms with Crippen molar-refractivity contribution < 1.29 is 21.8 Å². The SMILES string of the molecule is Cc1ccc([N+](=O)[O-])cc1S(=O)(=O)N1CCC[C@@H](CNS(C)(=O)=O)C1. The van der Waals surface area contributed by atoms with Crippen molar-refractivity contribution >= 4 is 25.7 Å². The minimum atomic E-state index is -3.88. The molecule has 0 aromatic heterocycles. The second-order valence-corrected chi connectivity index (χ2v) is 9.94. The fraction of sp³-hybridized carbons (Fsp3) is 0.571. The number of nitrogens with zero attached hydrogens (tertiary/aromatic N) is 2. The van der Waals surface area contributed by atoms with Crippen molar-refractivity contribution in [1.82, 2.24) is 9.03 Å². The van der Waals surface area contributed by atoms with Crippen molar-refractivity contribution in [2.75, 3.05) is 25.9 Å². The molecular weight excluding hydrogens is 370 g/mol. The summed E-state index contributed by atoms with van der Waals surface area (Å²) in [5, 5.41) is 10.9. The first-order chi connectivity index (χ1) is 11.5. The molecule has 1 aromatic rings. The zero-order chi connectivity index (χ0) is 18.8. The van der Waals surface area contributed by atoms with Crippen LogP contribution in [0.25, 0.3) is 0 Å². The first-order valence-corrected chi connectivity index (χ1v) is 11.0. The maximum absolute atomic E-state index is 12.9. The minimum Gasteiger partial charge on any atom is -0.258 e. The smallest absolute Gasteiger partial charge is 0.258 e. The summed E-state index contributed by atoms with van der Waals surface area (Å²) < 4.78 is 51.9.